The molecular formula is C25H30BrCl2N3O2S. The number of allylic oxidation sites excluding steroid dienone is 2. The largest absolute Gasteiger partial charge is 0.444 e. The third-order valence-electron chi connectivity index (χ3n) is 5.87. The third-order valence-corrected chi connectivity index (χ3v) is 8.84. The van der Waals surface area contributed by atoms with Gasteiger partial charge in [-0.3, -0.25) is 0 Å². The number of para-hydroxylation sites is 1. The molecule has 1 fully saturated rings. The van der Waals surface area contributed by atoms with E-state index in [9.17, 15) is 4.79 Å². The molecule has 0 N–H and O–H groups in total. The third kappa shape index (κ3) is 5.04. The number of fused-ring (bicyclic) bond motifs is 2. The van der Waals surface area contributed by atoms with E-state index in [2.05, 4.69) is 47.7 Å². The van der Waals surface area contributed by atoms with Crippen LogP contribution in [0.2, 0.25) is 5.02 Å². The first kappa shape index (κ1) is 25.9. The number of carbonyl (C=O) groups is 1. The second-order valence-electron chi connectivity index (χ2n) is 10.7. The molecule has 2 aliphatic heterocycles. The minimum absolute atomic E-state index is 0.0151. The van der Waals surface area contributed by atoms with Crippen LogP contribution in [0.15, 0.2) is 48.9 Å². The van der Waals surface area contributed by atoms with Gasteiger partial charge in [0.15, 0.2) is 0 Å². The number of thioether (sulfide) groups is 1. The predicted molar refractivity (Wildman–Crippen MR) is 146 cm³/mol. The summed E-state index contributed by atoms with van der Waals surface area (Å²) in [7, 11) is 0. The average molecular weight is 587 g/mol. The molecule has 4 rings (SSSR count). The number of hydrogen-bond donors (Lipinski definition) is 0. The number of benzene rings is 1. The molecule has 1 saturated heterocycles. The Labute approximate surface area is 224 Å². The molecule has 9 heteroatoms. The summed E-state index contributed by atoms with van der Waals surface area (Å²) in [4.78, 5) is 22.7. The summed E-state index contributed by atoms with van der Waals surface area (Å²) in [6, 6.07) is 5.88. The van der Waals surface area contributed by atoms with Crippen molar-refractivity contribution in [3.63, 3.8) is 0 Å². The lowest BCUT2D eigenvalue weighted by molar-refractivity contribution is 0.0169. The van der Waals surface area contributed by atoms with Crippen LogP contribution in [0.1, 0.15) is 41.5 Å². The summed E-state index contributed by atoms with van der Waals surface area (Å²) in [6.07, 6.45) is -0.265. The summed E-state index contributed by atoms with van der Waals surface area (Å²) >= 11 is 19.0. The highest BCUT2D eigenvalue weighted by atomic mass is 79.9. The van der Waals surface area contributed by atoms with E-state index in [0.717, 1.165) is 26.5 Å². The zero-order valence-electron chi connectivity index (χ0n) is 20.3. The average Bonchev–Trinajstić information content (AvgIpc) is 2.73. The van der Waals surface area contributed by atoms with Crippen molar-refractivity contribution in [3.05, 3.63) is 44.0 Å². The maximum Gasteiger partial charge on any atom is 0.410 e. The monoisotopic (exact) mass is 585 g/mol. The van der Waals surface area contributed by atoms with Gasteiger partial charge in [0.1, 0.15) is 5.60 Å². The zero-order valence-corrected chi connectivity index (χ0v) is 24.3. The van der Waals surface area contributed by atoms with Gasteiger partial charge in [0.25, 0.3) is 0 Å². The smallest absolute Gasteiger partial charge is 0.410 e. The van der Waals surface area contributed by atoms with Crippen LogP contribution < -0.4 is 0 Å². The molecule has 1 atom stereocenters. The highest BCUT2D eigenvalue weighted by Gasteiger charge is 2.43. The van der Waals surface area contributed by atoms with E-state index in [-0.39, 0.29) is 16.8 Å². The van der Waals surface area contributed by atoms with Gasteiger partial charge in [-0.25, -0.2) is 9.79 Å². The van der Waals surface area contributed by atoms with Crippen LogP contribution in [-0.4, -0.2) is 58.6 Å². The fraction of sp³-hybridized carbons (Fsp3) is 0.520. The van der Waals surface area contributed by atoms with Crippen LogP contribution in [0.4, 0.5) is 10.5 Å². The number of piperazine rings is 1. The van der Waals surface area contributed by atoms with Crippen LogP contribution in [0.3, 0.4) is 0 Å². The molecule has 1 aliphatic carbocycles. The number of aliphatic imine (C=N–C) groups is 1. The number of amides is 1. The summed E-state index contributed by atoms with van der Waals surface area (Å²) in [5.74, 6) is 0. The van der Waals surface area contributed by atoms with Crippen LogP contribution in [0.5, 0.6) is 0 Å². The standard InChI is InChI=1S/C25H30BrCl2N3O2S/c1-24(2,3)16-21(30-10-12-31(13-11-30)23(32)33-25(4,5)6)17(26)18(28)20-22(16)34-15-9-7-8-14(27)19(15)29-20/h7-9,22H,10-13H2,1-6H3. The quantitative estimate of drug-likeness (QED) is 0.340. The molecular weight excluding hydrogens is 557 g/mol. The number of rotatable bonds is 1. The van der Waals surface area contributed by atoms with Gasteiger partial charge in [0, 0.05) is 31.1 Å². The molecule has 2 heterocycles. The lowest BCUT2D eigenvalue weighted by Crippen LogP contribution is -2.51. The summed E-state index contributed by atoms with van der Waals surface area (Å²) in [5, 5.41) is 1.22. The molecule has 0 saturated carbocycles. The van der Waals surface area contributed by atoms with Crippen molar-refractivity contribution < 1.29 is 9.53 Å². The van der Waals surface area contributed by atoms with Gasteiger partial charge in [-0.15, -0.1) is 11.8 Å². The second-order valence-corrected chi connectivity index (χ2v) is 13.4. The van der Waals surface area contributed by atoms with Crippen LogP contribution in [0.25, 0.3) is 0 Å². The van der Waals surface area contributed by atoms with Gasteiger partial charge in [0.2, 0.25) is 0 Å². The summed E-state index contributed by atoms with van der Waals surface area (Å²) in [6.45, 7) is 14.9. The van der Waals surface area contributed by atoms with Crippen molar-refractivity contribution in [3.8, 4) is 0 Å². The van der Waals surface area contributed by atoms with E-state index in [1.165, 1.54) is 5.57 Å². The molecule has 0 aromatic heterocycles. The second kappa shape index (κ2) is 9.38. The number of halogens is 3. The van der Waals surface area contributed by atoms with Crippen LogP contribution in [-0.2, 0) is 4.74 Å². The summed E-state index contributed by atoms with van der Waals surface area (Å²) in [5.41, 5.74) is 3.34. The van der Waals surface area contributed by atoms with Crippen molar-refractivity contribution in [2.45, 2.75) is 57.3 Å². The Morgan fingerprint density at radius 2 is 1.76 bits per heavy atom. The fourth-order valence-corrected chi connectivity index (χ4v) is 7.17. The Hall–Kier alpha value is -1.15. The minimum atomic E-state index is -0.508. The van der Waals surface area contributed by atoms with E-state index in [0.29, 0.717) is 36.2 Å². The number of hydrogen-bond acceptors (Lipinski definition) is 5. The molecule has 0 spiro atoms. The molecule has 0 radical (unpaired) electrons. The minimum Gasteiger partial charge on any atom is -0.444 e. The van der Waals surface area contributed by atoms with Gasteiger partial charge < -0.3 is 14.5 Å². The molecule has 5 nitrogen and oxygen atoms in total. The van der Waals surface area contributed by atoms with Gasteiger partial charge in [-0.1, -0.05) is 50.0 Å². The van der Waals surface area contributed by atoms with Gasteiger partial charge in [0.05, 0.1) is 36.9 Å². The first-order valence-corrected chi connectivity index (χ1v) is 13.8. The molecule has 1 aromatic rings. The first-order valence-electron chi connectivity index (χ1n) is 11.3. The molecule has 34 heavy (non-hydrogen) atoms. The SMILES string of the molecule is CC(C)(C)OC(=O)N1CCN(C2=C(C(C)(C)C)C3Sc4cccc(Cl)c4N=C3C(Cl)=C2Br)CC1. The molecule has 3 aliphatic rings. The Morgan fingerprint density at radius 1 is 1.12 bits per heavy atom. The lowest BCUT2D eigenvalue weighted by atomic mass is 9.79. The topological polar surface area (TPSA) is 45.1 Å². The predicted octanol–water partition coefficient (Wildman–Crippen LogP) is 7.60. The highest BCUT2D eigenvalue weighted by Crippen LogP contribution is 2.53. The molecule has 184 valence electrons. The van der Waals surface area contributed by atoms with Gasteiger partial charge in [-0.05, 0) is 59.8 Å². The summed E-state index contributed by atoms with van der Waals surface area (Å²) < 4.78 is 6.42. The van der Waals surface area contributed by atoms with E-state index < -0.39 is 5.60 Å². The number of nitrogens with zero attached hydrogens (tertiary/aromatic N) is 3. The number of carbonyl (C=O) groups excluding carboxylic acids is 1. The number of ether oxygens (including phenoxy) is 1. The van der Waals surface area contributed by atoms with Crippen LogP contribution >= 0.6 is 50.9 Å². The van der Waals surface area contributed by atoms with Crippen molar-refractivity contribution in [1.29, 1.82) is 0 Å². The maximum absolute atomic E-state index is 12.6. The Balaban J connectivity index is 1.70. The normalized spacial score (nSPS) is 21.3. The van der Waals surface area contributed by atoms with E-state index in [4.69, 9.17) is 32.9 Å². The maximum atomic E-state index is 12.6. The van der Waals surface area contributed by atoms with E-state index in [1.807, 2.05) is 32.9 Å². The zero-order chi connectivity index (χ0) is 25.0. The molecule has 1 unspecified atom stereocenters. The van der Waals surface area contributed by atoms with E-state index >= 15 is 0 Å². The fourth-order valence-electron chi connectivity index (χ4n) is 4.38. The van der Waals surface area contributed by atoms with Gasteiger partial charge >= 0.3 is 6.09 Å². The molecule has 1 amide bonds. The Kier molecular flexibility index (Phi) is 7.15. The lowest BCUT2D eigenvalue weighted by Gasteiger charge is -2.44. The Morgan fingerprint density at radius 3 is 2.35 bits per heavy atom. The Bertz CT molecular complexity index is 1110. The van der Waals surface area contributed by atoms with Crippen molar-refractivity contribution in [1.82, 2.24) is 9.80 Å². The van der Waals surface area contributed by atoms with Crippen molar-refractivity contribution in [2.24, 2.45) is 10.4 Å². The van der Waals surface area contributed by atoms with Crippen molar-refractivity contribution >= 4 is 68.4 Å². The van der Waals surface area contributed by atoms with Gasteiger partial charge in [-0.2, -0.15) is 0 Å². The van der Waals surface area contributed by atoms with Crippen LogP contribution in [0, 0.1) is 5.41 Å². The van der Waals surface area contributed by atoms with E-state index in [1.54, 1.807) is 16.7 Å². The first-order chi connectivity index (χ1) is 15.8. The highest BCUT2D eigenvalue weighted by molar-refractivity contribution is 9.12. The molecule has 0 bridgehead atoms. The molecule has 1 aromatic carbocycles. The van der Waals surface area contributed by atoms with Crippen molar-refractivity contribution in [2.75, 3.05) is 26.2 Å².